The third-order valence-corrected chi connectivity index (χ3v) is 5.81. The smallest absolute Gasteiger partial charge is 0.176 e. The van der Waals surface area contributed by atoms with Crippen LogP contribution in [0.15, 0.2) is 71.1 Å². The van der Waals surface area contributed by atoms with E-state index in [9.17, 15) is 0 Å². The molecule has 5 rings (SSSR count). The van der Waals surface area contributed by atoms with Crippen LogP contribution in [0, 0.1) is 6.92 Å². The lowest BCUT2D eigenvalue weighted by Crippen LogP contribution is -2.29. The van der Waals surface area contributed by atoms with Crippen molar-refractivity contribution in [3.63, 3.8) is 0 Å². The number of hydrogen-bond donors (Lipinski definition) is 0. The van der Waals surface area contributed by atoms with E-state index in [0.29, 0.717) is 0 Å². The first-order chi connectivity index (χ1) is 14.2. The minimum atomic E-state index is 0.799. The van der Waals surface area contributed by atoms with Crippen molar-refractivity contribution >= 4 is 11.0 Å². The summed E-state index contributed by atoms with van der Waals surface area (Å²) in [5.74, 6) is 1.68. The molecular formula is C26H25NO2. The summed E-state index contributed by atoms with van der Waals surface area (Å²) in [5.41, 5.74) is 7.32. The number of rotatable bonds is 4. The van der Waals surface area contributed by atoms with Crippen molar-refractivity contribution in [1.82, 2.24) is 4.90 Å². The van der Waals surface area contributed by atoms with Gasteiger partial charge < -0.3 is 9.15 Å². The molecule has 29 heavy (non-hydrogen) atoms. The third kappa shape index (κ3) is 3.54. The van der Waals surface area contributed by atoms with Gasteiger partial charge in [-0.1, -0.05) is 54.1 Å². The lowest BCUT2D eigenvalue weighted by atomic mass is 9.99. The second kappa shape index (κ2) is 7.41. The van der Waals surface area contributed by atoms with Gasteiger partial charge in [-0.2, -0.15) is 0 Å². The van der Waals surface area contributed by atoms with Crippen molar-refractivity contribution in [1.29, 1.82) is 0 Å². The van der Waals surface area contributed by atoms with Gasteiger partial charge in [0.1, 0.15) is 5.76 Å². The predicted octanol–water partition coefficient (Wildman–Crippen LogP) is 5.98. The number of hydrogen-bond acceptors (Lipinski definition) is 3. The van der Waals surface area contributed by atoms with E-state index in [2.05, 4.69) is 78.6 Å². The molecule has 0 spiro atoms. The number of nitrogens with zero attached hydrogens (tertiary/aromatic N) is 1. The number of furan rings is 1. The van der Waals surface area contributed by atoms with Gasteiger partial charge in [-0.15, -0.1) is 0 Å². The monoisotopic (exact) mass is 383 g/mol. The van der Waals surface area contributed by atoms with Crippen LogP contribution in [-0.4, -0.2) is 18.6 Å². The molecule has 3 heteroatoms. The maximum Gasteiger partial charge on any atom is 0.176 e. The van der Waals surface area contributed by atoms with Gasteiger partial charge >= 0.3 is 0 Å². The highest BCUT2D eigenvalue weighted by Gasteiger charge is 2.18. The quantitative estimate of drug-likeness (QED) is 0.434. The molecule has 0 bridgehead atoms. The Kier molecular flexibility index (Phi) is 4.61. The zero-order valence-corrected chi connectivity index (χ0v) is 16.9. The van der Waals surface area contributed by atoms with Gasteiger partial charge in [0.05, 0.1) is 7.11 Å². The average molecular weight is 383 g/mol. The van der Waals surface area contributed by atoms with Crippen LogP contribution in [-0.2, 0) is 19.5 Å². The van der Waals surface area contributed by atoms with Crippen molar-refractivity contribution in [2.24, 2.45) is 0 Å². The molecule has 0 atom stereocenters. The molecule has 2 heterocycles. The SMILES string of the molecule is COc1cc(CN2CCc3ccccc3C2)cc2cc(-c3ccc(C)cc3)oc12. The fraction of sp³-hybridized carbons (Fsp3) is 0.231. The summed E-state index contributed by atoms with van der Waals surface area (Å²) in [6.45, 7) is 5.08. The molecule has 1 aromatic heterocycles. The molecule has 0 saturated heterocycles. The summed E-state index contributed by atoms with van der Waals surface area (Å²) in [5, 5.41) is 1.09. The number of fused-ring (bicyclic) bond motifs is 2. The fourth-order valence-corrected chi connectivity index (χ4v) is 4.23. The molecule has 1 aliphatic heterocycles. The molecule has 1 aliphatic rings. The van der Waals surface area contributed by atoms with Crippen molar-refractivity contribution in [2.45, 2.75) is 26.4 Å². The van der Waals surface area contributed by atoms with Crippen LogP contribution in [0.5, 0.6) is 5.75 Å². The van der Waals surface area contributed by atoms with Gasteiger partial charge in [-0.05, 0) is 48.2 Å². The zero-order chi connectivity index (χ0) is 19.8. The molecular weight excluding hydrogens is 358 g/mol. The van der Waals surface area contributed by atoms with Crippen molar-refractivity contribution in [3.8, 4) is 17.1 Å². The lowest BCUT2D eigenvalue weighted by Gasteiger charge is -2.28. The summed E-state index contributed by atoms with van der Waals surface area (Å²) < 4.78 is 11.8. The van der Waals surface area contributed by atoms with Gasteiger partial charge in [0.25, 0.3) is 0 Å². The van der Waals surface area contributed by atoms with Gasteiger partial charge in [0.2, 0.25) is 0 Å². The summed E-state index contributed by atoms with van der Waals surface area (Å²) in [4.78, 5) is 2.50. The Morgan fingerprint density at radius 3 is 2.55 bits per heavy atom. The van der Waals surface area contributed by atoms with Crippen LogP contribution in [0.4, 0.5) is 0 Å². The number of aryl methyl sites for hydroxylation is 1. The van der Waals surface area contributed by atoms with Gasteiger partial charge in [0, 0.05) is 30.6 Å². The van der Waals surface area contributed by atoms with E-state index in [0.717, 1.165) is 54.1 Å². The molecule has 0 N–H and O–H groups in total. The zero-order valence-electron chi connectivity index (χ0n) is 16.9. The van der Waals surface area contributed by atoms with E-state index in [-0.39, 0.29) is 0 Å². The van der Waals surface area contributed by atoms with Crippen LogP contribution in [0.3, 0.4) is 0 Å². The first kappa shape index (κ1) is 18.0. The Hall–Kier alpha value is -3.04. The Labute approximate surface area is 171 Å². The highest BCUT2D eigenvalue weighted by atomic mass is 16.5. The number of methoxy groups -OCH3 is 1. The van der Waals surface area contributed by atoms with Crippen molar-refractivity contribution in [2.75, 3.05) is 13.7 Å². The minimum absolute atomic E-state index is 0.799. The summed E-state index contributed by atoms with van der Waals surface area (Å²) in [6.07, 6.45) is 1.11. The van der Waals surface area contributed by atoms with Gasteiger partial charge in [0.15, 0.2) is 11.3 Å². The Bertz CT molecular complexity index is 1160. The Morgan fingerprint density at radius 1 is 0.966 bits per heavy atom. The van der Waals surface area contributed by atoms with Crippen LogP contribution < -0.4 is 4.74 Å². The first-order valence-electron chi connectivity index (χ1n) is 10.2. The molecule has 3 nitrogen and oxygen atoms in total. The minimum Gasteiger partial charge on any atom is -0.493 e. The lowest BCUT2D eigenvalue weighted by molar-refractivity contribution is 0.245. The molecule has 0 fully saturated rings. The van der Waals surface area contributed by atoms with E-state index in [4.69, 9.17) is 9.15 Å². The maximum atomic E-state index is 6.17. The molecule has 0 unspecified atom stereocenters. The molecule has 146 valence electrons. The molecule has 3 aromatic carbocycles. The average Bonchev–Trinajstić information content (AvgIpc) is 3.17. The Balaban J connectivity index is 1.45. The standard InChI is InChI=1S/C26H25NO2/c1-18-7-9-21(10-8-18)24-15-23-13-19(14-25(28-2)26(23)29-24)16-27-12-11-20-5-3-4-6-22(20)17-27/h3-10,13-15H,11-12,16-17H2,1-2H3. The Morgan fingerprint density at radius 2 is 1.76 bits per heavy atom. The van der Waals surface area contributed by atoms with Crippen molar-refractivity contribution < 1.29 is 9.15 Å². The summed E-state index contributed by atoms with van der Waals surface area (Å²) in [7, 11) is 1.71. The second-order valence-corrected chi connectivity index (χ2v) is 7.92. The van der Waals surface area contributed by atoms with E-state index in [1.54, 1.807) is 7.11 Å². The van der Waals surface area contributed by atoms with Crippen LogP contribution in [0.1, 0.15) is 22.3 Å². The predicted molar refractivity (Wildman–Crippen MR) is 117 cm³/mol. The number of benzene rings is 3. The van der Waals surface area contributed by atoms with Crippen LogP contribution >= 0.6 is 0 Å². The van der Waals surface area contributed by atoms with Crippen molar-refractivity contribution in [3.05, 3.63) is 89.0 Å². The third-order valence-electron chi connectivity index (χ3n) is 5.81. The fourth-order valence-electron chi connectivity index (χ4n) is 4.23. The molecule has 0 aliphatic carbocycles. The van der Waals surface area contributed by atoms with Crippen LogP contribution in [0.2, 0.25) is 0 Å². The van der Waals surface area contributed by atoms with E-state index >= 15 is 0 Å². The van der Waals surface area contributed by atoms with Crippen LogP contribution in [0.25, 0.3) is 22.3 Å². The normalized spacial score (nSPS) is 14.1. The highest BCUT2D eigenvalue weighted by molar-refractivity contribution is 5.88. The first-order valence-corrected chi connectivity index (χ1v) is 10.2. The maximum absolute atomic E-state index is 6.17. The van der Waals surface area contributed by atoms with Gasteiger partial charge in [-0.3, -0.25) is 4.90 Å². The highest BCUT2D eigenvalue weighted by Crippen LogP contribution is 2.35. The van der Waals surface area contributed by atoms with E-state index in [1.807, 2.05) is 0 Å². The largest absolute Gasteiger partial charge is 0.493 e. The summed E-state index contributed by atoms with van der Waals surface area (Å²) in [6, 6.07) is 23.7. The van der Waals surface area contributed by atoms with Gasteiger partial charge in [-0.25, -0.2) is 0 Å². The second-order valence-electron chi connectivity index (χ2n) is 7.92. The van der Waals surface area contributed by atoms with E-state index in [1.165, 1.54) is 22.3 Å². The molecule has 0 amide bonds. The summed E-state index contributed by atoms with van der Waals surface area (Å²) >= 11 is 0. The molecule has 4 aromatic rings. The molecule has 0 saturated carbocycles. The molecule has 0 radical (unpaired) electrons. The van der Waals surface area contributed by atoms with E-state index < -0.39 is 0 Å². The number of ether oxygens (including phenoxy) is 1. The topological polar surface area (TPSA) is 25.6 Å².